The molecule has 1 aromatic carbocycles. The Labute approximate surface area is 164 Å². The fourth-order valence-corrected chi connectivity index (χ4v) is 3.56. The van der Waals surface area contributed by atoms with Crippen LogP contribution < -0.4 is 19.6 Å². The molecular formula is C20H16N4O3S. The van der Waals surface area contributed by atoms with Gasteiger partial charge in [0.1, 0.15) is 6.61 Å². The van der Waals surface area contributed by atoms with Crippen molar-refractivity contribution in [3.8, 4) is 22.9 Å². The molecule has 4 rings (SSSR count). The summed E-state index contributed by atoms with van der Waals surface area (Å²) in [5.41, 5.74) is 1.42. The second-order valence-corrected chi connectivity index (χ2v) is 6.80. The van der Waals surface area contributed by atoms with E-state index in [0.717, 1.165) is 11.1 Å². The van der Waals surface area contributed by atoms with Gasteiger partial charge in [-0.15, -0.1) is 5.10 Å². The maximum Gasteiger partial charge on any atom is 0.291 e. The molecule has 0 atom stereocenters. The first kappa shape index (κ1) is 17.9. The second-order valence-electron chi connectivity index (χ2n) is 5.79. The molecule has 3 heterocycles. The zero-order valence-corrected chi connectivity index (χ0v) is 15.8. The minimum atomic E-state index is -0.209. The number of benzene rings is 1. The van der Waals surface area contributed by atoms with E-state index in [1.165, 1.54) is 15.9 Å². The van der Waals surface area contributed by atoms with E-state index < -0.39 is 0 Å². The molecule has 0 aliphatic carbocycles. The van der Waals surface area contributed by atoms with Crippen molar-refractivity contribution >= 4 is 22.4 Å². The molecule has 0 amide bonds. The highest BCUT2D eigenvalue weighted by Crippen LogP contribution is 2.28. The number of aromatic nitrogens is 4. The van der Waals surface area contributed by atoms with Crippen LogP contribution in [0, 0.1) is 0 Å². The van der Waals surface area contributed by atoms with Crippen LogP contribution in [0.25, 0.3) is 22.4 Å². The standard InChI is InChI=1S/C20H16N4O3S/c1-3-10-27-15-5-4-13(11-16(15)26-2)12-17-19(25)24-20(28-17)22-18(23-24)14-6-8-21-9-7-14/h3-9,11-12H,1,10H2,2H3. The van der Waals surface area contributed by atoms with Crippen LogP contribution in [0.5, 0.6) is 11.5 Å². The summed E-state index contributed by atoms with van der Waals surface area (Å²) in [6, 6.07) is 9.09. The molecule has 0 radical (unpaired) electrons. The van der Waals surface area contributed by atoms with Gasteiger partial charge in [-0.2, -0.15) is 9.50 Å². The number of fused-ring (bicyclic) bond motifs is 1. The predicted octanol–water partition coefficient (Wildman–Crippen LogP) is 2.33. The monoisotopic (exact) mass is 392 g/mol. The van der Waals surface area contributed by atoms with Gasteiger partial charge in [0.2, 0.25) is 4.96 Å². The molecule has 28 heavy (non-hydrogen) atoms. The van der Waals surface area contributed by atoms with Crippen molar-refractivity contribution < 1.29 is 9.47 Å². The number of nitrogens with zero attached hydrogens (tertiary/aromatic N) is 4. The minimum Gasteiger partial charge on any atom is -0.493 e. The summed E-state index contributed by atoms with van der Waals surface area (Å²) in [4.78, 5) is 21.7. The van der Waals surface area contributed by atoms with Gasteiger partial charge >= 0.3 is 0 Å². The van der Waals surface area contributed by atoms with Gasteiger partial charge in [-0.05, 0) is 35.9 Å². The number of hydrogen-bond acceptors (Lipinski definition) is 7. The molecule has 0 saturated carbocycles. The summed E-state index contributed by atoms with van der Waals surface area (Å²) in [6.07, 6.45) is 6.78. The molecule has 140 valence electrons. The highest BCUT2D eigenvalue weighted by molar-refractivity contribution is 7.15. The quantitative estimate of drug-likeness (QED) is 0.469. The first-order valence-corrected chi connectivity index (χ1v) is 9.24. The molecule has 0 saturated heterocycles. The Morgan fingerprint density at radius 3 is 2.75 bits per heavy atom. The Bertz CT molecular complexity index is 1250. The first-order valence-electron chi connectivity index (χ1n) is 8.43. The van der Waals surface area contributed by atoms with Crippen molar-refractivity contribution in [3.05, 3.63) is 75.8 Å². The number of rotatable bonds is 6. The molecule has 3 aromatic heterocycles. The molecule has 0 aliphatic rings. The third-order valence-corrected chi connectivity index (χ3v) is 4.92. The number of methoxy groups -OCH3 is 1. The van der Waals surface area contributed by atoms with E-state index in [1.807, 2.05) is 12.1 Å². The Morgan fingerprint density at radius 2 is 2.04 bits per heavy atom. The van der Waals surface area contributed by atoms with Crippen molar-refractivity contribution in [2.45, 2.75) is 0 Å². The van der Waals surface area contributed by atoms with E-state index in [0.29, 0.717) is 33.4 Å². The topological polar surface area (TPSA) is 78.6 Å². The van der Waals surface area contributed by atoms with Gasteiger partial charge in [0.15, 0.2) is 17.3 Å². The largest absolute Gasteiger partial charge is 0.493 e. The van der Waals surface area contributed by atoms with Crippen molar-refractivity contribution in [2.75, 3.05) is 13.7 Å². The van der Waals surface area contributed by atoms with E-state index >= 15 is 0 Å². The summed E-state index contributed by atoms with van der Waals surface area (Å²) in [5.74, 6) is 1.71. The summed E-state index contributed by atoms with van der Waals surface area (Å²) >= 11 is 1.29. The van der Waals surface area contributed by atoms with Crippen LogP contribution in [0.2, 0.25) is 0 Å². The van der Waals surface area contributed by atoms with Crippen LogP contribution in [0.4, 0.5) is 0 Å². The fraction of sp³-hybridized carbons (Fsp3) is 0.100. The smallest absolute Gasteiger partial charge is 0.291 e. The molecule has 0 fully saturated rings. The van der Waals surface area contributed by atoms with Crippen molar-refractivity contribution in [1.29, 1.82) is 0 Å². The lowest BCUT2D eigenvalue weighted by Crippen LogP contribution is -2.23. The average Bonchev–Trinajstić information content (AvgIpc) is 3.27. The average molecular weight is 392 g/mol. The molecule has 0 unspecified atom stereocenters. The Balaban J connectivity index is 1.72. The van der Waals surface area contributed by atoms with Crippen molar-refractivity contribution in [3.63, 3.8) is 0 Å². The number of hydrogen-bond donors (Lipinski definition) is 0. The van der Waals surface area contributed by atoms with Crippen LogP contribution >= 0.6 is 11.3 Å². The zero-order valence-electron chi connectivity index (χ0n) is 15.0. The van der Waals surface area contributed by atoms with Crippen LogP contribution in [0.1, 0.15) is 5.56 Å². The molecule has 0 bridgehead atoms. The maximum absolute atomic E-state index is 12.7. The number of thiazole rings is 1. The normalized spacial score (nSPS) is 11.7. The predicted molar refractivity (Wildman–Crippen MR) is 108 cm³/mol. The summed E-state index contributed by atoms with van der Waals surface area (Å²) in [6.45, 7) is 4.02. The van der Waals surface area contributed by atoms with Crippen LogP contribution in [-0.4, -0.2) is 33.3 Å². The highest BCUT2D eigenvalue weighted by Gasteiger charge is 2.12. The van der Waals surface area contributed by atoms with Gasteiger partial charge in [-0.1, -0.05) is 30.1 Å². The van der Waals surface area contributed by atoms with Gasteiger partial charge in [-0.25, -0.2) is 0 Å². The van der Waals surface area contributed by atoms with E-state index in [4.69, 9.17) is 9.47 Å². The van der Waals surface area contributed by atoms with E-state index in [1.54, 1.807) is 49.9 Å². The lowest BCUT2D eigenvalue weighted by atomic mass is 10.2. The molecule has 7 nitrogen and oxygen atoms in total. The van der Waals surface area contributed by atoms with Gasteiger partial charge < -0.3 is 9.47 Å². The van der Waals surface area contributed by atoms with Crippen LogP contribution in [-0.2, 0) is 0 Å². The molecule has 0 N–H and O–H groups in total. The first-order chi connectivity index (χ1) is 13.7. The van der Waals surface area contributed by atoms with Gasteiger partial charge in [0.25, 0.3) is 5.56 Å². The Morgan fingerprint density at radius 1 is 1.21 bits per heavy atom. The van der Waals surface area contributed by atoms with Crippen molar-refractivity contribution in [2.24, 2.45) is 0 Å². The number of ether oxygens (including phenoxy) is 2. The van der Waals surface area contributed by atoms with E-state index in [9.17, 15) is 4.79 Å². The number of pyridine rings is 1. The maximum atomic E-state index is 12.7. The molecular weight excluding hydrogens is 376 g/mol. The van der Waals surface area contributed by atoms with Crippen LogP contribution in [0.3, 0.4) is 0 Å². The Hall–Kier alpha value is -3.52. The van der Waals surface area contributed by atoms with Crippen LogP contribution in [0.15, 0.2) is 60.2 Å². The second kappa shape index (κ2) is 7.61. The molecule has 8 heteroatoms. The fourth-order valence-electron chi connectivity index (χ4n) is 2.65. The summed E-state index contributed by atoms with van der Waals surface area (Å²) in [5, 5.41) is 4.33. The van der Waals surface area contributed by atoms with Gasteiger partial charge in [-0.3, -0.25) is 9.78 Å². The lowest BCUT2D eigenvalue weighted by molar-refractivity contribution is 0.326. The van der Waals surface area contributed by atoms with E-state index in [2.05, 4.69) is 21.6 Å². The molecule has 0 spiro atoms. The SMILES string of the molecule is C=CCOc1ccc(C=c2sc3nc(-c4ccncc4)nn3c2=O)cc1OC. The van der Waals surface area contributed by atoms with Crippen molar-refractivity contribution in [1.82, 2.24) is 19.6 Å². The summed E-state index contributed by atoms with van der Waals surface area (Å²) < 4.78 is 12.8. The third-order valence-electron chi connectivity index (χ3n) is 3.96. The van der Waals surface area contributed by atoms with Gasteiger partial charge in [0, 0.05) is 18.0 Å². The highest BCUT2D eigenvalue weighted by atomic mass is 32.1. The Kier molecular flexibility index (Phi) is 4.86. The minimum absolute atomic E-state index is 0.209. The lowest BCUT2D eigenvalue weighted by Gasteiger charge is -2.09. The molecule has 0 aliphatic heterocycles. The third kappa shape index (κ3) is 3.37. The summed E-state index contributed by atoms with van der Waals surface area (Å²) in [7, 11) is 1.57. The molecule has 4 aromatic rings. The zero-order chi connectivity index (χ0) is 19.5. The van der Waals surface area contributed by atoms with Gasteiger partial charge in [0.05, 0.1) is 11.6 Å². The van der Waals surface area contributed by atoms with E-state index in [-0.39, 0.29) is 5.56 Å².